The maximum absolute atomic E-state index is 14.1. The summed E-state index contributed by atoms with van der Waals surface area (Å²) in [7, 11) is 1.14. The number of esters is 1. The lowest BCUT2D eigenvalue weighted by molar-refractivity contribution is 0.0595. The van der Waals surface area contributed by atoms with Crippen molar-refractivity contribution in [1.82, 2.24) is 0 Å². The minimum Gasteiger partial charge on any atom is -0.465 e. The van der Waals surface area contributed by atoms with Crippen molar-refractivity contribution in [2.75, 3.05) is 18.0 Å². The van der Waals surface area contributed by atoms with E-state index in [1.54, 1.807) is 6.92 Å². The van der Waals surface area contributed by atoms with Crippen molar-refractivity contribution in [2.24, 2.45) is 0 Å². The van der Waals surface area contributed by atoms with Crippen molar-refractivity contribution in [3.8, 4) is 0 Å². The van der Waals surface area contributed by atoms with Crippen LogP contribution < -0.4 is 4.31 Å². The molecule has 0 aliphatic rings. The van der Waals surface area contributed by atoms with Crippen molar-refractivity contribution in [2.45, 2.75) is 13.3 Å². The third-order valence-electron chi connectivity index (χ3n) is 2.27. The fourth-order valence-electron chi connectivity index (χ4n) is 1.47. The molecule has 0 heterocycles. The van der Waals surface area contributed by atoms with Crippen LogP contribution in [0.3, 0.4) is 0 Å². The van der Waals surface area contributed by atoms with Gasteiger partial charge in [-0.05, 0) is 18.6 Å². The van der Waals surface area contributed by atoms with E-state index in [-0.39, 0.29) is 17.8 Å². The number of hydrogen-bond acceptors (Lipinski definition) is 3. The van der Waals surface area contributed by atoms with Crippen molar-refractivity contribution >= 4 is 22.9 Å². The maximum atomic E-state index is 14.1. The molecule has 1 rings (SSSR count). The van der Waals surface area contributed by atoms with Crippen molar-refractivity contribution in [3.05, 3.63) is 29.6 Å². The fourth-order valence-corrected chi connectivity index (χ4v) is 2.11. The lowest BCUT2D eigenvalue weighted by Crippen LogP contribution is -2.27. The first-order chi connectivity index (χ1) is 8.52. The first kappa shape index (κ1) is 14.6. The van der Waals surface area contributed by atoms with Crippen LogP contribution in [0.2, 0.25) is 0 Å². The summed E-state index contributed by atoms with van der Waals surface area (Å²) < 4.78 is 39.7. The van der Waals surface area contributed by atoms with Crippen LogP contribution in [-0.4, -0.2) is 28.4 Å². The normalized spacial score (nSPS) is 12.0. The van der Waals surface area contributed by atoms with E-state index in [4.69, 9.17) is 4.55 Å². The second-order valence-corrected chi connectivity index (χ2v) is 4.37. The molecule has 100 valence electrons. The number of rotatable bonds is 5. The number of halogens is 1. The zero-order chi connectivity index (χ0) is 13.7. The lowest BCUT2D eigenvalue weighted by atomic mass is 10.2. The molecule has 0 saturated heterocycles. The Labute approximate surface area is 107 Å². The molecule has 1 N–H and O–H groups in total. The fraction of sp³-hybridized carbons (Fsp3) is 0.364. The van der Waals surface area contributed by atoms with Crippen LogP contribution in [0.5, 0.6) is 0 Å². The zero-order valence-corrected chi connectivity index (χ0v) is 10.9. The summed E-state index contributed by atoms with van der Waals surface area (Å²) in [5.41, 5.74) is -0.359. The highest BCUT2D eigenvalue weighted by atomic mass is 32.2. The smallest absolute Gasteiger partial charge is 0.340 e. The molecule has 0 spiro atoms. The van der Waals surface area contributed by atoms with Gasteiger partial charge in [0.05, 0.1) is 18.4 Å². The van der Waals surface area contributed by atoms with E-state index in [0.717, 1.165) is 11.4 Å². The predicted molar refractivity (Wildman–Crippen MR) is 66.1 cm³/mol. The molecule has 1 unspecified atom stereocenters. The molecule has 0 amide bonds. The van der Waals surface area contributed by atoms with Crippen LogP contribution in [0.25, 0.3) is 0 Å². The summed E-state index contributed by atoms with van der Waals surface area (Å²) in [5.74, 6) is -1.69. The van der Waals surface area contributed by atoms with Crippen LogP contribution >= 0.6 is 0 Å². The number of methoxy groups -OCH3 is 1. The average Bonchev–Trinajstić information content (AvgIpc) is 2.35. The van der Waals surface area contributed by atoms with Crippen LogP contribution in [0, 0.1) is 5.82 Å². The number of hydrogen-bond donors (Lipinski definition) is 1. The van der Waals surface area contributed by atoms with Gasteiger partial charge in [-0.3, -0.25) is 8.86 Å². The third-order valence-corrected chi connectivity index (χ3v) is 3.02. The summed E-state index contributed by atoms with van der Waals surface area (Å²) in [6.45, 7) is 1.99. The van der Waals surface area contributed by atoms with Gasteiger partial charge < -0.3 is 4.74 Å². The summed E-state index contributed by atoms with van der Waals surface area (Å²) in [4.78, 5) is 11.3. The van der Waals surface area contributed by atoms with Gasteiger partial charge >= 0.3 is 5.97 Å². The van der Waals surface area contributed by atoms with E-state index < -0.39 is 23.1 Å². The number of carbonyl (C=O) groups excluding carboxylic acids is 1. The second kappa shape index (κ2) is 6.46. The van der Waals surface area contributed by atoms with Gasteiger partial charge in [-0.25, -0.2) is 13.4 Å². The van der Waals surface area contributed by atoms with Crippen molar-refractivity contribution in [1.29, 1.82) is 0 Å². The van der Waals surface area contributed by atoms with Gasteiger partial charge in [0.15, 0.2) is 5.82 Å². The first-order valence-electron chi connectivity index (χ1n) is 5.28. The number of benzene rings is 1. The average molecular weight is 275 g/mol. The van der Waals surface area contributed by atoms with Crippen LogP contribution in [0.1, 0.15) is 23.7 Å². The minimum absolute atomic E-state index is 0.0967. The van der Waals surface area contributed by atoms with Gasteiger partial charge in [0.25, 0.3) is 11.3 Å². The molecule has 1 atom stereocenters. The largest absolute Gasteiger partial charge is 0.465 e. The Bertz CT molecular complexity index is 466. The summed E-state index contributed by atoms with van der Waals surface area (Å²) in [6.07, 6.45) is 0.564. The molecule has 0 aliphatic carbocycles. The Morgan fingerprint density at radius 3 is 2.72 bits per heavy atom. The number of carbonyl (C=O) groups is 1. The Morgan fingerprint density at radius 2 is 2.22 bits per heavy atom. The number of nitrogens with zero attached hydrogens (tertiary/aromatic N) is 1. The highest BCUT2D eigenvalue weighted by molar-refractivity contribution is 7.80. The summed E-state index contributed by atoms with van der Waals surface area (Å²) in [6, 6.07) is 4.03. The van der Waals surface area contributed by atoms with E-state index in [0.29, 0.717) is 6.42 Å². The van der Waals surface area contributed by atoms with E-state index in [9.17, 15) is 13.4 Å². The Kier molecular flexibility index (Phi) is 5.24. The second-order valence-electron chi connectivity index (χ2n) is 3.46. The highest BCUT2D eigenvalue weighted by Crippen LogP contribution is 2.24. The first-order valence-corrected chi connectivity index (χ1v) is 6.34. The monoisotopic (exact) mass is 275 g/mol. The quantitative estimate of drug-likeness (QED) is 0.659. The Balaban J connectivity index is 3.23. The Hall–Kier alpha value is -1.47. The van der Waals surface area contributed by atoms with Gasteiger partial charge in [0, 0.05) is 6.54 Å². The topological polar surface area (TPSA) is 66.8 Å². The molecule has 7 heteroatoms. The molecular formula is C11H14FNO4S. The van der Waals surface area contributed by atoms with Gasteiger partial charge in [-0.15, -0.1) is 0 Å². The zero-order valence-electron chi connectivity index (χ0n) is 10.1. The third kappa shape index (κ3) is 3.05. The van der Waals surface area contributed by atoms with Crippen molar-refractivity contribution < 1.29 is 22.7 Å². The molecule has 1 aromatic carbocycles. The van der Waals surface area contributed by atoms with Crippen molar-refractivity contribution in [3.63, 3.8) is 0 Å². The van der Waals surface area contributed by atoms with E-state index in [1.165, 1.54) is 18.2 Å². The molecule has 0 fully saturated rings. The minimum atomic E-state index is -2.35. The van der Waals surface area contributed by atoms with E-state index >= 15 is 0 Å². The lowest BCUT2D eigenvalue weighted by Gasteiger charge is -2.20. The molecule has 0 radical (unpaired) electrons. The van der Waals surface area contributed by atoms with Gasteiger partial charge in [0.2, 0.25) is 0 Å². The van der Waals surface area contributed by atoms with Crippen LogP contribution in [-0.2, 0) is 16.0 Å². The molecule has 5 nitrogen and oxygen atoms in total. The van der Waals surface area contributed by atoms with Gasteiger partial charge in [-0.1, -0.05) is 13.0 Å². The van der Waals surface area contributed by atoms with Gasteiger partial charge in [-0.2, -0.15) is 0 Å². The summed E-state index contributed by atoms with van der Waals surface area (Å²) >= 11 is -2.35. The molecule has 1 aromatic rings. The Morgan fingerprint density at radius 1 is 1.56 bits per heavy atom. The predicted octanol–water partition coefficient (Wildman–Crippen LogP) is 1.97. The molecular weight excluding hydrogens is 261 g/mol. The van der Waals surface area contributed by atoms with E-state index in [2.05, 4.69) is 4.74 Å². The highest BCUT2D eigenvalue weighted by Gasteiger charge is 2.21. The maximum Gasteiger partial charge on any atom is 0.340 e. The van der Waals surface area contributed by atoms with Gasteiger partial charge in [0.1, 0.15) is 0 Å². The van der Waals surface area contributed by atoms with E-state index in [1.807, 2.05) is 0 Å². The number of anilines is 1. The molecule has 18 heavy (non-hydrogen) atoms. The standard InChI is InChI=1S/C11H14FNO4S/c1-3-7-13(18(15)16)9-6-4-5-8(10(9)12)11(14)17-2/h4-6H,3,7H2,1-2H3,(H,15,16). The molecule has 0 saturated carbocycles. The molecule has 0 aromatic heterocycles. The SMILES string of the molecule is CCCN(c1cccc(C(=O)OC)c1F)S(=O)O. The molecule has 0 aliphatic heterocycles. The summed E-state index contributed by atoms with van der Waals surface area (Å²) in [5, 5.41) is 0. The molecule has 0 bridgehead atoms. The number of ether oxygens (including phenoxy) is 1. The van der Waals surface area contributed by atoms with Crippen LogP contribution in [0.4, 0.5) is 10.1 Å². The van der Waals surface area contributed by atoms with Crippen LogP contribution in [0.15, 0.2) is 18.2 Å².